The van der Waals surface area contributed by atoms with Gasteiger partial charge in [0.1, 0.15) is 11.9 Å². The number of fused-ring (bicyclic) bond motifs is 3. The highest BCUT2D eigenvalue weighted by atomic mass is 16.5. The van der Waals surface area contributed by atoms with Crippen LogP contribution in [0.5, 0.6) is 5.75 Å². The number of unbranched alkanes of at least 4 members (excludes halogenated alkanes) is 2. The molecule has 1 aromatic carbocycles. The van der Waals surface area contributed by atoms with Crippen LogP contribution in [0.25, 0.3) is 0 Å². The molecule has 0 radical (unpaired) electrons. The summed E-state index contributed by atoms with van der Waals surface area (Å²) < 4.78 is 6.17. The summed E-state index contributed by atoms with van der Waals surface area (Å²) in [5.74, 6) is 0.549. The third kappa shape index (κ3) is 4.53. The van der Waals surface area contributed by atoms with Crippen LogP contribution in [0.2, 0.25) is 0 Å². The number of aryl methyl sites for hydroxylation is 1. The first-order valence-electron chi connectivity index (χ1n) is 10.1. The van der Waals surface area contributed by atoms with Crippen LogP contribution in [0.3, 0.4) is 0 Å². The first-order chi connectivity index (χ1) is 13.0. The second-order valence-electron chi connectivity index (χ2n) is 7.81. The van der Waals surface area contributed by atoms with Gasteiger partial charge in [0.15, 0.2) is 0 Å². The number of aliphatic hydroxyl groups is 2. The molecule has 1 aromatic rings. The van der Waals surface area contributed by atoms with Crippen molar-refractivity contribution < 1.29 is 19.7 Å². The van der Waals surface area contributed by atoms with Crippen LogP contribution >= 0.6 is 0 Å². The molecule has 1 aliphatic heterocycles. The van der Waals surface area contributed by atoms with Crippen molar-refractivity contribution in [2.24, 2.45) is 11.7 Å². The summed E-state index contributed by atoms with van der Waals surface area (Å²) in [7, 11) is 0. The zero-order valence-electron chi connectivity index (χ0n) is 16.0. The number of carbonyl (C=O) groups excluding carboxylic acids is 1. The van der Waals surface area contributed by atoms with E-state index in [-0.39, 0.29) is 23.8 Å². The third-order valence-corrected chi connectivity index (χ3v) is 5.79. The van der Waals surface area contributed by atoms with E-state index >= 15 is 0 Å². The third-order valence-electron chi connectivity index (χ3n) is 5.79. The summed E-state index contributed by atoms with van der Waals surface area (Å²) in [6.45, 7) is 2.15. The average molecular weight is 373 g/mol. The molecule has 1 amide bonds. The largest absolute Gasteiger partial charge is 0.489 e. The lowest BCUT2D eigenvalue weighted by atomic mass is 9.86. The summed E-state index contributed by atoms with van der Waals surface area (Å²) in [5.41, 5.74) is 7.37. The zero-order chi connectivity index (χ0) is 19.4. The van der Waals surface area contributed by atoms with Crippen molar-refractivity contribution >= 4 is 5.91 Å². The Bertz CT molecular complexity index is 687. The predicted molar refractivity (Wildman–Crippen MR) is 105 cm³/mol. The number of hydrogen-bond acceptors (Lipinski definition) is 4. The molecule has 1 aliphatic carbocycles. The molecule has 2 aliphatic rings. The summed E-state index contributed by atoms with van der Waals surface area (Å²) in [4.78, 5) is 11.1. The fourth-order valence-corrected chi connectivity index (χ4v) is 4.38. The van der Waals surface area contributed by atoms with Crippen LogP contribution in [0.15, 0.2) is 30.4 Å². The van der Waals surface area contributed by atoms with Crippen molar-refractivity contribution in [2.45, 2.75) is 76.1 Å². The van der Waals surface area contributed by atoms with E-state index in [4.69, 9.17) is 10.5 Å². The van der Waals surface area contributed by atoms with E-state index in [0.717, 1.165) is 42.6 Å². The molecule has 0 unspecified atom stereocenters. The Labute approximate surface area is 161 Å². The Morgan fingerprint density at radius 3 is 2.96 bits per heavy atom. The first kappa shape index (κ1) is 19.9. The Kier molecular flexibility index (Phi) is 6.55. The second-order valence-corrected chi connectivity index (χ2v) is 7.81. The maximum atomic E-state index is 11.1. The van der Waals surface area contributed by atoms with Gasteiger partial charge in [-0.05, 0) is 18.4 Å². The second kappa shape index (κ2) is 8.89. The number of amides is 1. The highest BCUT2D eigenvalue weighted by molar-refractivity contribution is 5.74. The minimum atomic E-state index is -0.471. The summed E-state index contributed by atoms with van der Waals surface area (Å²) in [6, 6.07) is 6.00. The van der Waals surface area contributed by atoms with Gasteiger partial charge >= 0.3 is 0 Å². The molecule has 3 rings (SSSR count). The highest BCUT2D eigenvalue weighted by Crippen LogP contribution is 2.52. The van der Waals surface area contributed by atoms with Crippen molar-refractivity contribution in [1.29, 1.82) is 0 Å². The zero-order valence-corrected chi connectivity index (χ0v) is 16.0. The molecule has 0 saturated heterocycles. The van der Waals surface area contributed by atoms with Gasteiger partial charge in [-0.15, -0.1) is 0 Å². The van der Waals surface area contributed by atoms with Crippen molar-refractivity contribution in [3.05, 3.63) is 41.5 Å². The number of primary amides is 1. The maximum absolute atomic E-state index is 11.1. The van der Waals surface area contributed by atoms with E-state index in [1.54, 1.807) is 0 Å². The fraction of sp³-hybridized carbons (Fsp3) is 0.591. The van der Waals surface area contributed by atoms with E-state index < -0.39 is 12.2 Å². The smallest absolute Gasteiger partial charge is 0.217 e. The minimum absolute atomic E-state index is 0.0587. The molecule has 148 valence electrons. The lowest BCUT2D eigenvalue weighted by molar-refractivity contribution is -0.117. The Morgan fingerprint density at radius 2 is 2.22 bits per heavy atom. The summed E-state index contributed by atoms with van der Waals surface area (Å²) >= 11 is 0. The van der Waals surface area contributed by atoms with Crippen LogP contribution in [0.4, 0.5) is 0 Å². The van der Waals surface area contributed by atoms with Crippen LogP contribution < -0.4 is 10.5 Å². The lowest BCUT2D eigenvalue weighted by Gasteiger charge is -2.18. The standard InChI is InChI=1S/C22H31NO4/c1-2-3-4-7-15(24)10-11-16-18(25)13-19-21(16)17-8-5-6-14(22(17)27-19)9-12-20(23)26/h5-6,8,10-11,15-16,18-19,21,24-25H,2-4,7,9,12-13H2,1H3,(H2,23,26)/b11-10+/t15-,16-,18+,19-,21-/m0/s1. The number of hydrogen-bond donors (Lipinski definition) is 3. The van der Waals surface area contributed by atoms with Crippen molar-refractivity contribution in [2.75, 3.05) is 0 Å². The van der Waals surface area contributed by atoms with Crippen LogP contribution in [0.1, 0.15) is 62.5 Å². The SMILES string of the molecule is CCCCC[C@H](O)/C=C/[C@@H]1[C@H]2c3cccc(CCC(N)=O)c3O[C@H]2C[C@H]1O. The van der Waals surface area contributed by atoms with Crippen LogP contribution in [0, 0.1) is 5.92 Å². The number of para-hydroxylation sites is 1. The topological polar surface area (TPSA) is 92.8 Å². The molecule has 1 saturated carbocycles. The number of nitrogens with two attached hydrogens (primary N) is 1. The molecule has 0 spiro atoms. The number of rotatable bonds is 9. The molecular weight excluding hydrogens is 342 g/mol. The van der Waals surface area contributed by atoms with Crippen molar-refractivity contribution in [3.63, 3.8) is 0 Å². The molecule has 5 atom stereocenters. The van der Waals surface area contributed by atoms with Gasteiger partial charge < -0.3 is 20.7 Å². The molecular formula is C22H31NO4. The van der Waals surface area contributed by atoms with Crippen LogP contribution in [-0.4, -0.2) is 34.4 Å². The van der Waals surface area contributed by atoms with E-state index in [0.29, 0.717) is 19.3 Å². The number of aliphatic hydroxyl groups excluding tert-OH is 2. The molecule has 0 aromatic heterocycles. The Hall–Kier alpha value is -1.85. The molecule has 1 fully saturated rings. The van der Waals surface area contributed by atoms with Gasteiger partial charge in [-0.25, -0.2) is 0 Å². The Balaban J connectivity index is 1.73. The monoisotopic (exact) mass is 373 g/mol. The molecule has 5 nitrogen and oxygen atoms in total. The Morgan fingerprint density at radius 1 is 1.41 bits per heavy atom. The minimum Gasteiger partial charge on any atom is -0.489 e. The van der Waals surface area contributed by atoms with Gasteiger partial charge in [0.2, 0.25) is 5.91 Å². The molecule has 4 N–H and O–H groups in total. The molecule has 27 heavy (non-hydrogen) atoms. The van der Waals surface area contributed by atoms with Gasteiger partial charge in [0, 0.05) is 30.2 Å². The number of ether oxygens (including phenoxy) is 1. The van der Waals surface area contributed by atoms with Crippen molar-refractivity contribution in [1.82, 2.24) is 0 Å². The highest BCUT2D eigenvalue weighted by Gasteiger charge is 2.48. The summed E-state index contributed by atoms with van der Waals surface area (Å²) in [6.07, 6.45) is 8.27. The van der Waals surface area contributed by atoms with Crippen molar-refractivity contribution in [3.8, 4) is 5.75 Å². The quantitative estimate of drug-likeness (QED) is 0.458. The van der Waals surface area contributed by atoms with E-state index in [2.05, 4.69) is 6.92 Å². The summed E-state index contributed by atoms with van der Waals surface area (Å²) in [5, 5.41) is 20.7. The predicted octanol–water partition coefficient (Wildman–Crippen LogP) is 2.83. The molecule has 0 bridgehead atoms. The van der Waals surface area contributed by atoms with E-state index in [9.17, 15) is 15.0 Å². The molecule has 1 heterocycles. The maximum Gasteiger partial charge on any atom is 0.217 e. The van der Waals surface area contributed by atoms with Gasteiger partial charge in [-0.2, -0.15) is 0 Å². The van der Waals surface area contributed by atoms with Gasteiger partial charge in [0.05, 0.1) is 12.2 Å². The van der Waals surface area contributed by atoms with E-state index in [1.807, 2.05) is 30.4 Å². The number of carbonyl (C=O) groups is 1. The normalized spacial score (nSPS) is 27.4. The first-order valence-corrected chi connectivity index (χ1v) is 10.1. The number of benzene rings is 1. The van der Waals surface area contributed by atoms with Crippen LogP contribution in [-0.2, 0) is 11.2 Å². The fourth-order valence-electron chi connectivity index (χ4n) is 4.38. The molecule has 5 heteroatoms. The van der Waals surface area contributed by atoms with E-state index in [1.165, 1.54) is 0 Å². The average Bonchev–Trinajstić information content (AvgIpc) is 3.13. The lowest BCUT2D eigenvalue weighted by Crippen LogP contribution is -2.17. The van der Waals surface area contributed by atoms with Gasteiger partial charge in [0.25, 0.3) is 0 Å². The van der Waals surface area contributed by atoms with Gasteiger partial charge in [-0.3, -0.25) is 4.79 Å². The van der Waals surface area contributed by atoms with Gasteiger partial charge in [-0.1, -0.05) is 56.5 Å².